The highest BCUT2D eigenvalue weighted by Crippen LogP contribution is 2.27. The fraction of sp³-hybridized carbons (Fsp3) is 0.111. The first kappa shape index (κ1) is 17.9. The molecule has 128 valence electrons. The SMILES string of the molecule is C=CC(=O)NCc1ccc(C(=O)Oc2cccc([N+](=O)[O-])c2C)cc1. The average Bonchev–Trinajstić information content (AvgIpc) is 2.61. The van der Waals surface area contributed by atoms with E-state index in [1.54, 1.807) is 24.3 Å². The summed E-state index contributed by atoms with van der Waals surface area (Å²) in [5.41, 5.74) is 1.27. The first-order chi connectivity index (χ1) is 11.9. The van der Waals surface area contributed by atoms with Crippen molar-refractivity contribution in [2.24, 2.45) is 0 Å². The zero-order chi connectivity index (χ0) is 18.4. The molecule has 0 fully saturated rings. The van der Waals surface area contributed by atoms with Crippen molar-refractivity contribution in [3.63, 3.8) is 0 Å². The van der Waals surface area contributed by atoms with Crippen LogP contribution in [-0.4, -0.2) is 16.8 Å². The Morgan fingerprint density at radius 3 is 2.52 bits per heavy atom. The Balaban J connectivity index is 2.09. The highest BCUT2D eigenvalue weighted by Gasteiger charge is 2.17. The maximum Gasteiger partial charge on any atom is 0.343 e. The molecule has 0 radical (unpaired) electrons. The first-order valence-electron chi connectivity index (χ1n) is 7.37. The standard InChI is InChI=1S/C18H16N2O5/c1-3-17(21)19-11-13-7-9-14(10-8-13)18(22)25-16-6-4-5-15(12(16)2)20(23)24/h3-10H,1,11H2,2H3,(H,19,21). The van der Waals surface area contributed by atoms with E-state index in [1.165, 1.54) is 31.2 Å². The van der Waals surface area contributed by atoms with Crippen molar-refractivity contribution in [1.82, 2.24) is 5.32 Å². The zero-order valence-electron chi connectivity index (χ0n) is 13.5. The van der Waals surface area contributed by atoms with E-state index >= 15 is 0 Å². The van der Waals surface area contributed by atoms with Crippen LogP contribution in [0.1, 0.15) is 21.5 Å². The number of amides is 1. The second-order valence-electron chi connectivity index (χ2n) is 5.17. The predicted octanol–water partition coefficient (Wildman–Crippen LogP) is 2.92. The summed E-state index contributed by atoms with van der Waals surface area (Å²) >= 11 is 0. The highest BCUT2D eigenvalue weighted by atomic mass is 16.6. The van der Waals surface area contributed by atoms with Gasteiger partial charge in [-0.1, -0.05) is 24.8 Å². The molecule has 1 N–H and O–H groups in total. The van der Waals surface area contributed by atoms with Gasteiger partial charge in [0, 0.05) is 12.6 Å². The molecule has 0 spiro atoms. The second-order valence-corrected chi connectivity index (χ2v) is 5.17. The third-order valence-electron chi connectivity index (χ3n) is 3.50. The van der Waals surface area contributed by atoms with Gasteiger partial charge in [-0.3, -0.25) is 14.9 Å². The van der Waals surface area contributed by atoms with Crippen LogP contribution in [-0.2, 0) is 11.3 Å². The topological polar surface area (TPSA) is 98.5 Å². The fourth-order valence-corrected chi connectivity index (χ4v) is 2.09. The van der Waals surface area contributed by atoms with Gasteiger partial charge < -0.3 is 10.1 Å². The molecule has 25 heavy (non-hydrogen) atoms. The molecule has 0 aliphatic rings. The number of benzene rings is 2. The molecule has 0 heterocycles. The summed E-state index contributed by atoms with van der Waals surface area (Å²) in [7, 11) is 0. The minimum Gasteiger partial charge on any atom is -0.422 e. The lowest BCUT2D eigenvalue weighted by atomic mass is 10.1. The molecule has 0 aliphatic carbocycles. The summed E-state index contributed by atoms with van der Waals surface area (Å²) in [4.78, 5) is 33.7. The minimum absolute atomic E-state index is 0.112. The van der Waals surface area contributed by atoms with E-state index < -0.39 is 10.9 Å². The van der Waals surface area contributed by atoms with Crippen molar-refractivity contribution >= 4 is 17.6 Å². The van der Waals surface area contributed by atoms with Crippen LogP contribution in [0.5, 0.6) is 5.75 Å². The van der Waals surface area contributed by atoms with E-state index in [4.69, 9.17) is 4.74 Å². The first-order valence-corrected chi connectivity index (χ1v) is 7.37. The Bertz CT molecular complexity index is 828. The minimum atomic E-state index is -0.620. The van der Waals surface area contributed by atoms with Crippen LogP contribution in [0.25, 0.3) is 0 Å². The number of nitrogens with one attached hydrogen (secondary N) is 1. The van der Waals surface area contributed by atoms with Gasteiger partial charge in [-0.05, 0) is 36.8 Å². The Kier molecular flexibility index (Phi) is 5.62. The molecule has 0 unspecified atom stereocenters. The smallest absolute Gasteiger partial charge is 0.343 e. The molecule has 2 rings (SSSR count). The van der Waals surface area contributed by atoms with Gasteiger partial charge in [-0.2, -0.15) is 0 Å². The van der Waals surface area contributed by atoms with Gasteiger partial charge >= 0.3 is 5.97 Å². The quantitative estimate of drug-likeness (QED) is 0.287. The van der Waals surface area contributed by atoms with E-state index in [2.05, 4.69) is 11.9 Å². The number of ether oxygens (including phenoxy) is 1. The van der Waals surface area contributed by atoms with Gasteiger partial charge in [0.25, 0.3) is 5.69 Å². The monoisotopic (exact) mass is 340 g/mol. The van der Waals surface area contributed by atoms with E-state index in [9.17, 15) is 19.7 Å². The van der Waals surface area contributed by atoms with Crippen LogP contribution in [0.4, 0.5) is 5.69 Å². The number of hydrogen-bond acceptors (Lipinski definition) is 5. The number of rotatable bonds is 6. The van der Waals surface area contributed by atoms with E-state index in [-0.39, 0.29) is 22.9 Å². The molecule has 7 nitrogen and oxygen atoms in total. The largest absolute Gasteiger partial charge is 0.422 e. The van der Waals surface area contributed by atoms with Crippen LogP contribution in [0.2, 0.25) is 0 Å². The summed E-state index contributed by atoms with van der Waals surface area (Å²) in [6, 6.07) is 10.8. The van der Waals surface area contributed by atoms with Crippen molar-refractivity contribution < 1.29 is 19.2 Å². The molecule has 0 aromatic heterocycles. The van der Waals surface area contributed by atoms with Gasteiger partial charge in [0.15, 0.2) is 0 Å². The molecular formula is C18H16N2O5. The summed E-state index contributed by atoms with van der Waals surface area (Å²) in [5, 5.41) is 13.6. The molecule has 0 saturated heterocycles. The molecule has 0 aliphatic heterocycles. The van der Waals surface area contributed by atoms with Gasteiger partial charge in [0.1, 0.15) is 5.75 Å². The maximum atomic E-state index is 12.2. The van der Waals surface area contributed by atoms with Crippen molar-refractivity contribution in [3.05, 3.63) is 81.9 Å². The zero-order valence-corrected chi connectivity index (χ0v) is 13.5. The van der Waals surface area contributed by atoms with Crippen LogP contribution < -0.4 is 10.1 Å². The van der Waals surface area contributed by atoms with Crippen LogP contribution >= 0.6 is 0 Å². The number of esters is 1. The molecule has 2 aromatic rings. The number of nitro benzene ring substituents is 1. The number of nitro groups is 1. The van der Waals surface area contributed by atoms with Crippen molar-refractivity contribution in [1.29, 1.82) is 0 Å². The number of carbonyl (C=O) groups is 2. The third kappa shape index (κ3) is 4.51. The van der Waals surface area contributed by atoms with Crippen LogP contribution in [0.15, 0.2) is 55.1 Å². The summed E-state index contributed by atoms with van der Waals surface area (Å²) < 4.78 is 5.25. The summed E-state index contributed by atoms with van der Waals surface area (Å²) in [6.07, 6.45) is 1.17. The fourth-order valence-electron chi connectivity index (χ4n) is 2.09. The van der Waals surface area contributed by atoms with Crippen LogP contribution in [0.3, 0.4) is 0 Å². The maximum absolute atomic E-state index is 12.2. The van der Waals surface area contributed by atoms with Crippen LogP contribution in [0, 0.1) is 17.0 Å². The lowest BCUT2D eigenvalue weighted by Crippen LogP contribution is -2.20. The lowest BCUT2D eigenvalue weighted by Gasteiger charge is -2.08. The number of hydrogen-bond donors (Lipinski definition) is 1. The van der Waals surface area contributed by atoms with Crippen molar-refractivity contribution in [2.45, 2.75) is 13.5 Å². The third-order valence-corrected chi connectivity index (χ3v) is 3.50. The van der Waals surface area contributed by atoms with Gasteiger partial charge in [-0.15, -0.1) is 0 Å². The van der Waals surface area contributed by atoms with Gasteiger partial charge in [-0.25, -0.2) is 4.79 Å². The van der Waals surface area contributed by atoms with E-state index in [0.29, 0.717) is 12.1 Å². The molecule has 0 atom stereocenters. The second kappa shape index (κ2) is 7.87. The highest BCUT2D eigenvalue weighted by molar-refractivity contribution is 5.91. The van der Waals surface area contributed by atoms with E-state index in [0.717, 1.165) is 5.56 Å². The average molecular weight is 340 g/mol. The molecule has 0 bridgehead atoms. The Morgan fingerprint density at radius 2 is 1.92 bits per heavy atom. The molecule has 0 saturated carbocycles. The number of nitrogens with zero attached hydrogens (tertiary/aromatic N) is 1. The number of carbonyl (C=O) groups excluding carboxylic acids is 2. The molecular weight excluding hydrogens is 324 g/mol. The van der Waals surface area contributed by atoms with Gasteiger partial charge in [0.05, 0.1) is 16.1 Å². The summed E-state index contributed by atoms with van der Waals surface area (Å²) in [5.74, 6) is -0.767. The Hall–Kier alpha value is -3.48. The summed E-state index contributed by atoms with van der Waals surface area (Å²) in [6.45, 7) is 5.19. The Morgan fingerprint density at radius 1 is 1.24 bits per heavy atom. The Labute approximate surface area is 144 Å². The predicted molar refractivity (Wildman–Crippen MR) is 91.3 cm³/mol. The van der Waals surface area contributed by atoms with E-state index in [1.807, 2.05) is 0 Å². The lowest BCUT2D eigenvalue weighted by molar-refractivity contribution is -0.385. The molecule has 7 heteroatoms. The molecule has 2 aromatic carbocycles. The normalized spacial score (nSPS) is 9.96. The molecule has 1 amide bonds. The van der Waals surface area contributed by atoms with Crippen molar-refractivity contribution in [3.8, 4) is 5.75 Å². The van der Waals surface area contributed by atoms with Gasteiger partial charge in [0.2, 0.25) is 5.91 Å². The van der Waals surface area contributed by atoms with Crippen molar-refractivity contribution in [2.75, 3.05) is 0 Å².